The zero-order valence-electron chi connectivity index (χ0n) is 10.1. The molecule has 0 fully saturated rings. The largest absolute Gasteiger partial charge is 0.379 e. The van der Waals surface area contributed by atoms with Crippen LogP contribution in [0.15, 0.2) is 35.4 Å². The van der Waals surface area contributed by atoms with Crippen LogP contribution >= 0.6 is 34.8 Å². The molecule has 0 aliphatic carbocycles. The maximum Gasteiger partial charge on any atom is 0.340 e. The van der Waals surface area contributed by atoms with Gasteiger partial charge in [-0.25, -0.2) is 4.98 Å². The van der Waals surface area contributed by atoms with Gasteiger partial charge in [0, 0.05) is 6.07 Å². The van der Waals surface area contributed by atoms with Crippen LogP contribution in [-0.2, 0) is 10.1 Å². The van der Waals surface area contributed by atoms with E-state index < -0.39 is 10.1 Å². The summed E-state index contributed by atoms with van der Waals surface area (Å²) in [7, 11) is -4.01. The molecule has 0 atom stereocenters. The minimum Gasteiger partial charge on any atom is -0.379 e. The minimum atomic E-state index is -4.01. The molecule has 8 heteroatoms. The van der Waals surface area contributed by atoms with Crippen molar-refractivity contribution in [3.8, 4) is 5.75 Å². The molecule has 0 aliphatic heterocycles. The maximum atomic E-state index is 12.1. The molecule has 0 saturated heterocycles. The molecule has 2 rings (SSSR count). The lowest BCUT2D eigenvalue weighted by Crippen LogP contribution is -2.10. The molecule has 106 valence electrons. The Bertz CT molecular complexity index is 763. The van der Waals surface area contributed by atoms with Crippen LogP contribution in [0.4, 0.5) is 0 Å². The Kier molecular flexibility index (Phi) is 4.44. The summed E-state index contributed by atoms with van der Waals surface area (Å²) in [5, 5.41) is 0.740. The average Bonchev–Trinajstić information content (AvgIpc) is 2.37. The van der Waals surface area contributed by atoms with E-state index in [-0.39, 0.29) is 20.8 Å². The summed E-state index contributed by atoms with van der Waals surface area (Å²) >= 11 is 17.3. The Labute approximate surface area is 131 Å². The van der Waals surface area contributed by atoms with Crippen LogP contribution < -0.4 is 4.18 Å². The van der Waals surface area contributed by atoms with E-state index in [9.17, 15) is 8.42 Å². The SMILES string of the molecule is Cc1cc(S(=O)(=O)Oc2ccc(Cl)c(Cl)c2)cnc1Cl. The summed E-state index contributed by atoms with van der Waals surface area (Å²) in [4.78, 5) is 3.69. The molecule has 0 radical (unpaired) electrons. The van der Waals surface area contributed by atoms with Crippen LogP contribution in [0.3, 0.4) is 0 Å². The molecule has 0 saturated carbocycles. The summed E-state index contributed by atoms with van der Waals surface area (Å²) in [6.07, 6.45) is 1.13. The third-order valence-corrected chi connectivity index (χ3v) is 4.72. The maximum absolute atomic E-state index is 12.1. The standard InChI is InChI=1S/C12H8Cl3NO3S/c1-7-4-9(6-16-12(7)15)20(17,18)19-8-2-3-10(13)11(14)5-8/h2-6H,1H3. The molecule has 0 aliphatic rings. The molecule has 20 heavy (non-hydrogen) atoms. The zero-order chi connectivity index (χ0) is 14.9. The highest BCUT2D eigenvalue weighted by molar-refractivity contribution is 7.87. The van der Waals surface area contributed by atoms with Gasteiger partial charge >= 0.3 is 10.1 Å². The highest BCUT2D eigenvalue weighted by Gasteiger charge is 2.18. The van der Waals surface area contributed by atoms with Crippen molar-refractivity contribution in [2.24, 2.45) is 0 Å². The molecular formula is C12H8Cl3NO3S. The predicted molar refractivity (Wildman–Crippen MR) is 78.3 cm³/mol. The second-order valence-corrected chi connectivity index (χ2v) is 6.61. The Balaban J connectivity index is 2.35. The third kappa shape index (κ3) is 3.35. The van der Waals surface area contributed by atoms with Crippen LogP contribution in [-0.4, -0.2) is 13.4 Å². The van der Waals surface area contributed by atoms with Gasteiger partial charge in [-0.15, -0.1) is 0 Å². The lowest BCUT2D eigenvalue weighted by molar-refractivity contribution is 0.485. The number of hydrogen-bond acceptors (Lipinski definition) is 4. The van der Waals surface area contributed by atoms with Crippen molar-refractivity contribution in [2.75, 3.05) is 0 Å². The lowest BCUT2D eigenvalue weighted by atomic mass is 10.3. The first-order valence-corrected chi connectivity index (χ1v) is 7.85. The monoisotopic (exact) mass is 351 g/mol. The number of halogens is 3. The van der Waals surface area contributed by atoms with E-state index in [1.54, 1.807) is 6.92 Å². The van der Waals surface area contributed by atoms with Crippen molar-refractivity contribution < 1.29 is 12.6 Å². The second kappa shape index (κ2) is 5.77. The van der Waals surface area contributed by atoms with E-state index in [2.05, 4.69) is 4.98 Å². The third-order valence-electron chi connectivity index (χ3n) is 2.37. The van der Waals surface area contributed by atoms with E-state index in [1.165, 1.54) is 24.3 Å². The fourth-order valence-corrected chi connectivity index (χ4v) is 2.72. The quantitative estimate of drug-likeness (QED) is 0.616. The fourth-order valence-electron chi connectivity index (χ4n) is 1.37. The van der Waals surface area contributed by atoms with Crippen LogP contribution in [0, 0.1) is 6.92 Å². The van der Waals surface area contributed by atoms with Crippen LogP contribution in [0.2, 0.25) is 15.2 Å². The number of aromatic nitrogens is 1. The highest BCUT2D eigenvalue weighted by Crippen LogP contribution is 2.28. The molecule has 0 unspecified atom stereocenters. The van der Waals surface area contributed by atoms with Gasteiger partial charge in [0.1, 0.15) is 15.8 Å². The van der Waals surface area contributed by atoms with E-state index in [0.29, 0.717) is 10.6 Å². The minimum absolute atomic E-state index is 0.0620. The van der Waals surface area contributed by atoms with Gasteiger partial charge in [-0.1, -0.05) is 34.8 Å². The number of aryl methyl sites for hydroxylation is 1. The van der Waals surface area contributed by atoms with Crippen molar-refractivity contribution in [3.05, 3.63) is 51.2 Å². The van der Waals surface area contributed by atoms with E-state index in [1.807, 2.05) is 0 Å². The predicted octanol–water partition coefficient (Wildman–Crippen LogP) is 4.12. The van der Waals surface area contributed by atoms with E-state index in [0.717, 1.165) is 6.20 Å². The summed E-state index contributed by atoms with van der Waals surface area (Å²) in [5.41, 5.74) is 0.533. The molecule has 0 bridgehead atoms. The summed E-state index contributed by atoms with van der Waals surface area (Å²) in [6.45, 7) is 1.65. The van der Waals surface area contributed by atoms with E-state index >= 15 is 0 Å². The van der Waals surface area contributed by atoms with Gasteiger partial charge in [0.05, 0.1) is 16.2 Å². The molecule has 1 heterocycles. The van der Waals surface area contributed by atoms with E-state index in [4.69, 9.17) is 39.0 Å². The van der Waals surface area contributed by atoms with Crippen molar-refractivity contribution in [1.82, 2.24) is 4.98 Å². The Morgan fingerprint density at radius 3 is 2.40 bits per heavy atom. The number of hydrogen-bond donors (Lipinski definition) is 0. The van der Waals surface area contributed by atoms with Gasteiger partial charge in [0.25, 0.3) is 0 Å². The molecule has 4 nitrogen and oxygen atoms in total. The Morgan fingerprint density at radius 2 is 1.80 bits per heavy atom. The summed E-state index contributed by atoms with van der Waals surface area (Å²) < 4.78 is 29.1. The van der Waals surface area contributed by atoms with Crippen molar-refractivity contribution >= 4 is 44.9 Å². The zero-order valence-corrected chi connectivity index (χ0v) is 13.2. The highest BCUT2D eigenvalue weighted by atomic mass is 35.5. The van der Waals surface area contributed by atoms with Crippen LogP contribution in [0.5, 0.6) is 5.75 Å². The molecule has 1 aromatic heterocycles. The molecule has 0 amide bonds. The molecule has 0 N–H and O–H groups in total. The normalized spacial score (nSPS) is 11.4. The first-order chi connectivity index (χ1) is 9.29. The summed E-state index contributed by atoms with van der Waals surface area (Å²) in [5.74, 6) is 0.0620. The van der Waals surface area contributed by atoms with Gasteiger partial charge in [0.2, 0.25) is 0 Å². The average molecular weight is 353 g/mol. The lowest BCUT2D eigenvalue weighted by Gasteiger charge is -2.08. The first kappa shape index (κ1) is 15.4. The molecular weight excluding hydrogens is 345 g/mol. The molecule has 1 aromatic carbocycles. The number of rotatable bonds is 3. The van der Waals surface area contributed by atoms with Gasteiger partial charge in [0.15, 0.2) is 0 Å². The molecule has 0 spiro atoms. The fraction of sp³-hybridized carbons (Fsp3) is 0.0833. The Hall–Kier alpha value is -1.01. The van der Waals surface area contributed by atoms with Gasteiger partial charge in [-0.05, 0) is 30.7 Å². The van der Waals surface area contributed by atoms with Crippen LogP contribution in [0.1, 0.15) is 5.56 Å². The topological polar surface area (TPSA) is 56.3 Å². The van der Waals surface area contributed by atoms with Crippen molar-refractivity contribution in [1.29, 1.82) is 0 Å². The van der Waals surface area contributed by atoms with Crippen molar-refractivity contribution in [2.45, 2.75) is 11.8 Å². The van der Waals surface area contributed by atoms with Crippen molar-refractivity contribution in [3.63, 3.8) is 0 Å². The Morgan fingerprint density at radius 1 is 1.10 bits per heavy atom. The van der Waals surface area contributed by atoms with Crippen LogP contribution in [0.25, 0.3) is 0 Å². The smallest absolute Gasteiger partial charge is 0.340 e. The number of nitrogens with zero attached hydrogens (tertiary/aromatic N) is 1. The van der Waals surface area contributed by atoms with Gasteiger partial charge < -0.3 is 4.18 Å². The van der Waals surface area contributed by atoms with Gasteiger partial charge in [-0.3, -0.25) is 0 Å². The molecule has 2 aromatic rings. The summed E-state index contributed by atoms with van der Waals surface area (Å²) in [6, 6.07) is 5.54. The first-order valence-electron chi connectivity index (χ1n) is 5.31. The number of pyridine rings is 1. The van der Waals surface area contributed by atoms with Gasteiger partial charge in [-0.2, -0.15) is 8.42 Å². The second-order valence-electron chi connectivity index (χ2n) is 3.89. The number of benzene rings is 1.